The van der Waals surface area contributed by atoms with Gasteiger partial charge >= 0.3 is 0 Å². The minimum absolute atomic E-state index is 0.113. The number of carbonyl (C=O) groups excluding carboxylic acids is 1. The second-order valence-corrected chi connectivity index (χ2v) is 5.44. The average Bonchev–Trinajstić information content (AvgIpc) is 2.32. The fraction of sp³-hybridized carbons (Fsp3) is 0.500. The topological polar surface area (TPSA) is 98.3 Å². The van der Waals surface area contributed by atoms with Crippen LogP contribution < -0.4 is 11.1 Å². The summed E-state index contributed by atoms with van der Waals surface area (Å²) in [5, 5.41) is 13.6. The molecule has 0 bridgehead atoms. The van der Waals surface area contributed by atoms with Crippen molar-refractivity contribution >= 4 is 17.3 Å². The highest BCUT2D eigenvalue weighted by molar-refractivity contribution is 5.96. The van der Waals surface area contributed by atoms with E-state index in [0.29, 0.717) is 6.42 Å². The lowest BCUT2D eigenvalue weighted by Crippen LogP contribution is -2.36. The predicted octanol–water partition coefficient (Wildman–Crippen LogP) is 2.52. The van der Waals surface area contributed by atoms with Crippen LogP contribution >= 0.6 is 0 Å². The number of nitrogens with two attached hydrogens (primary N) is 1. The zero-order valence-corrected chi connectivity index (χ0v) is 12.3. The average molecular weight is 279 g/mol. The van der Waals surface area contributed by atoms with E-state index in [1.54, 1.807) is 13.0 Å². The fourth-order valence-electron chi connectivity index (χ4n) is 1.89. The molecule has 0 aliphatic carbocycles. The van der Waals surface area contributed by atoms with Crippen LogP contribution in [-0.2, 0) is 4.79 Å². The quantitative estimate of drug-likeness (QED) is 0.639. The minimum atomic E-state index is -0.670. The van der Waals surface area contributed by atoms with Gasteiger partial charge in [-0.15, -0.1) is 0 Å². The number of hydrogen-bond donors (Lipinski definition) is 2. The Morgan fingerprint density at radius 2 is 1.90 bits per heavy atom. The van der Waals surface area contributed by atoms with Gasteiger partial charge in [0.2, 0.25) is 5.91 Å². The number of nitrogens with one attached hydrogen (secondary N) is 1. The van der Waals surface area contributed by atoms with Crippen molar-refractivity contribution in [3.8, 4) is 0 Å². The Labute approximate surface area is 118 Å². The Balaban J connectivity index is 2.99. The van der Waals surface area contributed by atoms with E-state index in [4.69, 9.17) is 5.73 Å². The lowest BCUT2D eigenvalue weighted by atomic mass is 10.0. The molecule has 1 aromatic carbocycles. The van der Waals surface area contributed by atoms with Gasteiger partial charge in [0.1, 0.15) is 5.69 Å². The number of aryl methyl sites for hydroxylation is 2. The standard InChI is InChI=1S/C14H21N3O3/c1-8(2)5-11(15)14(18)16-12-6-9(3)10(4)7-13(12)17(19)20/h6-8,11H,5,15H2,1-4H3,(H,16,18)/t11-/m1/s1. The van der Waals surface area contributed by atoms with Gasteiger partial charge in [-0.25, -0.2) is 0 Å². The van der Waals surface area contributed by atoms with E-state index < -0.39 is 16.9 Å². The molecule has 0 spiro atoms. The largest absolute Gasteiger partial charge is 0.320 e. The molecule has 0 radical (unpaired) electrons. The van der Waals surface area contributed by atoms with E-state index in [1.165, 1.54) is 6.07 Å². The number of nitrogens with zero attached hydrogens (tertiary/aromatic N) is 1. The summed E-state index contributed by atoms with van der Waals surface area (Å²) in [5.74, 6) is -0.115. The van der Waals surface area contributed by atoms with E-state index in [1.807, 2.05) is 20.8 Å². The molecule has 0 aliphatic rings. The summed E-state index contributed by atoms with van der Waals surface area (Å²) >= 11 is 0. The Morgan fingerprint density at radius 3 is 2.40 bits per heavy atom. The van der Waals surface area contributed by atoms with Crippen LogP contribution in [-0.4, -0.2) is 16.9 Å². The third kappa shape index (κ3) is 4.03. The summed E-state index contributed by atoms with van der Waals surface area (Å²) in [6.45, 7) is 7.55. The van der Waals surface area contributed by atoms with Crippen LogP contribution in [0.4, 0.5) is 11.4 Å². The summed E-state index contributed by atoms with van der Waals surface area (Å²) < 4.78 is 0. The van der Waals surface area contributed by atoms with Crippen molar-refractivity contribution in [1.29, 1.82) is 0 Å². The van der Waals surface area contributed by atoms with Gasteiger partial charge in [0.05, 0.1) is 11.0 Å². The maximum Gasteiger partial charge on any atom is 0.293 e. The van der Waals surface area contributed by atoms with Crippen LogP contribution in [0.3, 0.4) is 0 Å². The molecule has 6 nitrogen and oxygen atoms in total. The maximum absolute atomic E-state index is 12.0. The zero-order chi connectivity index (χ0) is 15.4. The van der Waals surface area contributed by atoms with Gasteiger partial charge < -0.3 is 11.1 Å². The van der Waals surface area contributed by atoms with Gasteiger partial charge in [-0.2, -0.15) is 0 Å². The third-order valence-corrected chi connectivity index (χ3v) is 3.13. The van der Waals surface area contributed by atoms with Crippen molar-refractivity contribution in [3.05, 3.63) is 33.4 Å². The molecular weight excluding hydrogens is 258 g/mol. The lowest BCUT2D eigenvalue weighted by molar-refractivity contribution is -0.384. The van der Waals surface area contributed by atoms with Gasteiger partial charge in [0, 0.05) is 6.07 Å². The molecule has 0 saturated heterocycles. The van der Waals surface area contributed by atoms with E-state index in [2.05, 4.69) is 5.32 Å². The predicted molar refractivity (Wildman–Crippen MR) is 78.6 cm³/mol. The van der Waals surface area contributed by atoms with Gasteiger partial charge in [-0.3, -0.25) is 14.9 Å². The molecule has 0 heterocycles. The molecule has 1 atom stereocenters. The molecule has 3 N–H and O–H groups in total. The lowest BCUT2D eigenvalue weighted by Gasteiger charge is -2.15. The number of anilines is 1. The van der Waals surface area contributed by atoms with Gasteiger partial charge in [-0.1, -0.05) is 13.8 Å². The van der Waals surface area contributed by atoms with Crippen molar-refractivity contribution in [1.82, 2.24) is 0 Å². The molecular formula is C14H21N3O3. The van der Waals surface area contributed by atoms with Crippen LogP contribution in [0.15, 0.2) is 12.1 Å². The SMILES string of the molecule is Cc1cc(NC(=O)[C@H](N)CC(C)C)c([N+](=O)[O-])cc1C. The molecule has 0 saturated carbocycles. The molecule has 1 amide bonds. The number of amides is 1. The number of hydrogen-bond acceptors (Lipinski definition) is 4. The first-order valence-corrected chi connectivity index (χ1v) is 6.54. The van der Waals surface area contributed by atoms with Gasteiger partial charge in [-0.05, 0) is 43.4 Å². The highest BCUT2D eigenvalue weighted by atomic mass is 16.6. The van der Waals surface area contributed by atoms with Crippen molar-refractivity contribution < 1.29 is 9.72 Å². The van der Waals surface area contributed by atoms with Crippen LogP contribution in [0.5, 0.6) is 0 Å². The van der Waals surface area contributed by atoms with E-state index in [0.717, 1.165) is 11.1 Å². The normalized spacial score (nSPS) is 12.3. The van der Waals surface area contributed by atoms with E-state index in [9.17, 15) is 14.9 Å². The monoisotopic (exact) mass is 279 g/mol. The van der Waals surface area contributed by atoms with E-state index in [-0.39, 0.29) is 17.3 Å². The van der Waals surface area contributed by atoms with Gasteiger partial charge in [0.25, 0.3) is 5.69 Å². The summed E-state index contributed by atoms with van der Waals surface area (Å²) in [7, 11) is 0. The van der Waals surface area contributed by atoms with Crippen molar-refractivity contribution in [2.45, 2.75) is 40.2 Å². The molecule has 6 heteroatoms. The van der Waals surface area contributed by atoms with Crippen LogP contribution in [0, 0.1) is 29.9 Å². The molecule has 20 heavy (non-hydrogen) atoms. The molecule has 1 rings (SSSR count). The number of benzene rings is 1. The number of nitro groups is 1. The Hall–Kier alpha value is -1.95. The minimum Gasteiger partial charge on any atom is -0.320 e. The maximum atomic E-state index is 12.0. The first-order valence-electron chi connectivity index (χ1n) is 6.54. The Morgan fingerprint density at radius 1 is 1.35 bits per heavy atom. The summed E-state index contributed by atoms with van der Waals surface area (Å²) in [6, 6.07) is 2.39. The number of carbonyl (C=O) groups is 1. The molecule has 0 unspecified atom stereocenters. The first kappa shape index (κ1) is 16.1. The fourth-order valence-corrected chi connectivity index (χ4v) is 1.89. The zero-order valence-electron chi connectivity index (χ0n) is 12.3. The van der Waals surface area contributed by atoms with Crippen LogP contribution in [0.1, 0.15) is 31.4 Å². The molecule has 1 aromatic rings. The van der Waals surface area contributed by atoms with Crippen LogP contribution in [0.25, 0.3) is 0 Å². The Bertz CT molecular complexity index is 527. The highest BCUT2D eigenvalue weighted by Crippen LogP contribution is 2.28. The second-order valence-electron chi connectivity index (χ2n) is 5.44. The molecule has 110 valence electrons. The molecule has 0 aromatic heterocycles. The highest BCUT2D eigenvalue weighted by Gasteiger charge is 2.21. The number of rotatable bonds is 5. The van der Waals surface area contributed by atoms with Crippen molar-refractivity contribution in [2.75, 3.05) is 5.32 Å². The van der Waals surface area contributed by atoms with Crippen LogP contribution in [0.2, 0.25) is 0 Å². The van der Waals surface area contributed by atoms with Gasteiger partial charge in [0.15, 0.2) is 0 Å². The third-order valence-electron chi connectivity index (χ3n) is 3.13. The number of nitro benzene ring substituents is 1. The molecule has 0 fully saturated rings. The van der Waals surface area contributed by atoms with E-state index >= 15 is 0 Å². The van der Waals surface area contributed by atoms with Crippen molar-refractivity contribution in [3.63, 3.8) is 0 Å². The first-order chi connectivity index (χ1) is 9.22. The summed E-state index contributed by atoms with van der Waals surface area (Å²) in [5.41, 5.74) is 7.55. The second kappa shape index (κ2) is 6.47. The smallest absolute Gasteiger partial charge is 0.293 e. The summed E-state index contributed by atoms with van der Waals surface area (Å²) in [6.07, 6.45) is 0.532. The molecule has 0 aliphatic heterocycles. The Kier molecular flexibility index (Phi) is 5.21. The van der Waals surface area contributed by atoms with Crippen molar-refractivity contribution in [2.24, 2.45) is 11.7 Å². The summed E-state index contributed by atoms with van der Waals surface area (Å²) in [4.78, 5) is 22.5.